The number of aliphatic hydroxyl groups excluding tert-OH is 2. The van der Waals surface area contributed by atoms with Crippen LogP contribution in [0, 0.1) is 22.7 Å². The summed E-state index contributed by atoms with van der Waals surface area (Å²) in [5.41, 5.74) is -0.581. The number of nitriles is 2. The maximum absolute atomic E-state index is 11.3. The normalized spacial score (nSPS) is 19.9. The minimum atomic E-state index is -1.05. The van der Waals surface area contributed by atoms with E-state index < -0.39 is 23.4 Å². The first-order valence-electron chi connectivity index (χ1n) is 6.26. The molecule has 0 aromatic heterocycles. The van der Waals surface area contributed by atoms with Crippen molar-refractivity contribution >= 4 is 5.97 Å². The molecule has 1 atom stereocenters. The highest BCUT2D eigenvalue weighted by molar-refractivity contribution is 5.88. The van der Waals surface area contributed by atoms with Crippen molar-refractivity contribution < 1.29 is 29.2 Å². The lowest BCUT2D eigenvalue weighted by molar-refractivity contribution is -0.141. The summed E-state index contributed by atoms with van der Waals surface area (Å²) in [4.78, 5) is 11.3. The molecule has 2 N–H and O–H groups in total. The van der Waals surface area contributed by atoms with E-state index in [0.29, 0.717) is 0 Å². The highest BCUT2D eigenvalue weighted by Gasteiger charge is 2.23. The summed E-state index contributed by atoms with van der Waals surface area (Å²) in [7, 11) is 0. The first kappa shape index (κ1) is 17.2. The molecule has 8 heteroatoms. The zero-order valence-electron chi connectivity index (χ0n) is 11.8. The molecule has 0 radical (unpaired) electrons. The second kappa shape index (κ2) is 8.47. The van der Waals surface area contributed by atoms with E-state index in [2.05, 4.69) is 4.74 Å². The van der Waals surface area contributed by atoms with Crippen LogP contribution in [0.5, 0.6) is 0 Å². The summed E-state index contributed by atoms with van der Waals surface area (Å²) in [6.45, 7) is 1.68. The van der Waals surface area contributed by atoms with Gasteiger partial charge in [-0.15, -0.1) is 0 Å². The van der Waals surface area contributed by atoms with Crippen molar-refractivity contribution in [2.75, 3.05) is 20.0 Å². The van der Waals surface area contributed by atoms with E-state index in [9.17, 15) is 15.0 Å². The molecule has 1 aliphatic rings. The molecule has 116 valence electrons. The van der Waals surface area contributed by atoms with Crippen LogP contribution in [0.25, 0.3) is 0 Å². The van der Waals surface area contributed by atoms with Crippen LogP contribution in [0.1, 0.15) is 6.92 Å². The van der Waals surface area contributed by atoms with Crippen LogP contribution in [0.2, 0.25) is 0 Å². The summed E-state index contributed by atoms with van der Waals surface area (Å²) >= 11 is 0. The molecule has 22 heavy (non-hydrogen) atoms. The maximum Gasteiger partial charge on any atom is 0.374 e. The number of allylic oxidation sites excluding steroid dienone is 4. The van der Waals surface area contributed by atoms with Crippen molar-refractivity contribution in [1.82, 2.24) is 0 Å². The summed E-state index contributed by atoms with van der Waals surface area (Å²) in [5, 5.41) is 37.4. The highest BCUT2D eigenvalue weighted by Crippen LogP contribution is 2.16. The van der Waals surface area contributed by atoms with Gasteiger partial charge in [0.1, 0.15) is 36.4 Å². The molecule has 0 aliphatic carbocycles. The third kappa shape index (κ3) is 4.35. The third-order valence-electron chi connectivity index (χ3n) is 2.58. The lowest BCUT2D eigenvalue weighted by atomic mass is 10.1. The molecule has 0 amide bonds. The first-order chi connectivity index (χ1) is 10.5. The van der Waals surface area contributed by atoms with Crippen LogP contribution in [0.4, 0.5) is 0 Å². The lowest BCUT2D eigenvalue weighted by Gasteiger charge is -2.06. The van der Waals surface area contributed by atoms with Crippen LogP contribution in [0.3, 0.4) is 0 Å². The average molecular weight is 306 g/mol. The predicted octanol–water partition coefficient (Wildman–Crippen LogP) is 1.15. The molecular formula is C14H14N2O6. The number of hydrogen-bond donors (Lipinski definition) is 2. The van der Waals surface area contributed by atoms with Crippen LogP contribution in [-0.2, 0) is 19.0 Å². The van der Waals surface area contributed by atoms with E-state index in [1.54, 1.807) is 19.1 Å². The minimum absolute atomic E-state index is 0.00411. The highest BCUT2D eigenvalue weighted by atomic mass is 16.7. The Labute approximate surface area is 126 Å². The van der Waals surface area contributed by atoms with E-state index in [0.717, 1.165) is 12.2 Å². The molecule has 1 saturated heterocycles. The Morgan fingerprint density at radius 1 is 1.32 bits per heavy atom. The van der Waals surface area contributed by atoms with Crippen molar-refractivity contribution in [3.05, 3.63) is 34.8 Å². The van der Waals surface area contributed by atoms with E-state index in [1.807, 2.05) is 0 Å². The molecule has 0 aromatic carbocycles. The lowest BCUT2D eigenvalue weighted by Crippen LogP contribution is -2.14. The number of ether oxygens (including phenoxy) is 3. The van der Waals surface area contributed by atoms with Gasteiger partial charge in [0.25, 0.3) is 0 Å². The molecule has 1 rings (SSSR count). The molecule has 1 heterocycles. The third-order valence-corrected chi connectivity index (χ3v) is 2.58. The minimum Gasteiger partial charge on any atom is -0.508 e. The Morgan fingerprint density at radius 3 is 2.45 bits per heavy atom. The maximum atomic E-state index is 11.3. The Hall–Kier alpha value is -2.81. The molecule has 1 aliphatic heterocycles. The van der Waals surface area contributed by atoms with Gasteiger partial charge < -0.3 is 24.4 Å². The number of hydrogen-bond acceptors (Lipinski definition) is 8. The Morgan fingerprint density at radius 2 is 1.95 bits per heavy atom. The Kier molecular flexibility index (Phi) is 6.64. The van der Waals surface area contributed by atoms with Crippen molar-refractivity contribution in [2.45, 2.75) is 13.0 Å². The van der Waals surface area contributed by atoms with Crippen molar-refractivity contribution in [2.24, 2.45) is 0 Å². The van der Waals surface area contributed by atoms with Crippen molar-refractivity contribution in [3.63, 3.8) is 0 Å². The standard InChI is InChI=1S/C14H14N2O6/c1-2-21-14(19)13(18)10(6-16)4-3-9(5-15)12(17)11-7-20-8-22-11/h3-4,11,17-18H,2,7-8H2,1H3/b4-3+,12-9+,13-10+. The Bertz CT molecular complexity index is 600. The van der Waals surface area contributed by atoms with Gasteiger partial charge in [-0.2, -0.15) is 10.5 Å². The van der Waals surface area contributed by atoms with E-state index in [1.165, 1.54) is 0 Å². The van der Waals surface area contributed by atoms with Crippen LogP contribution >= 0.6 is 0 Å². The summed E-state index contributed by atoms with van der Waals surface area (Å²) < 4.78 is 14.5. The summed E-state index contributed by atoms with van der Waals surface area (Å²) in [6, 6.07) is 3.33. The molecule has 1 fully saturated rings. The van der Waals surface area contributed by atoms with Crippen LogP contribution in [-0.4, -0.2) is 42.3 Å². The fourth-order valence-corrected chi connectivity index (χ4v) is 1.49. The summed E-state index contributed by atoms with van der Waals surface area (Å²) in [6.07, 6.45) is 1.34. The van der Waals surface area contributed by atoms with Gasteiger partial charge >= 0.3 is 5.97 Å². The largest absolute Gasteiger partial charge is 0.508 e. The zero-order chi connectivity index (χ0) is 16.5. The van der Waals surface area contributed by atoms with Gasteiger partial charge in [0.05, 0.1) is 18.8 Å². The van der Waals surface area contributed by atoms with Gasteiger partial charge in [0.15, 0.2) is 0 Å². The van der Waals surface area contributed by atoms with Crippen LogP contribution < -0.4 is 0 Å². The second-order valence-corrected chi connectivity index (χ2v) is 3.98. The molecule has 0 spiro atoms. The van der Waals surface area contributed by atoms with Gasteiger partial charge in [-0.1, -0.05) is 0 Å². The predicted molar refractivity (Wildman–Crippen MR) is 72.0 cm³/mol. The van der Waals surface area contributed by atoms with Crippen LogP contribution in [0.15, 0.2) is 34.8 Å². The summed E-state index contributed by atoms with van der Waals surface area (Å²) in [5.74, 6) is -2.29. The monoisotopic (exact) mass is 306 g/mol. The number of nitrogens with zero attached hydrogens (tertiary/aromatic N) is 2. The molecule has 1 unspecified atom stereocenters. The number of carbonyl (C=O) groups excluding carboxylic acids is 1. The number of aliphatic hydroxyl groups is 2. The number of esters is 1. The second-order valence-electron chi connectivity index (χ2n) is 3.98. The quantitative estimate of drug-likeness (QED) is 0.254. The molecule has 0 aromatic rings. The molecular weight excluding hydrogens is 292 g/mol. The van der Waals surface area contributed by atoms with Crippen molar-refractivity contribution in [3.8, 4) is 12.1 Å². The molecule has 8 nitrogen and oxygen atoms in total. The fraction of sp³-hybridized carbons (Fsp3) is 0.357. The number of rotatable bonds is 5. The van der Waals surface area contributed by atoms with Gasteiger partial charge in [0.2, 0.25) is 5.76 Å². The van der Waals surface area contributed by atoms with Gasteiger partial charge in [-0.05, 0) is 19.1 Å². The van der Waals surface area contributed by atoms with Gasteiger partial charge in [-0.3, -0.25) is 0 Å². The van der Waals surface area contributed by atoms with E-state index in [4.69, 9.17) is 20.0 Å². The number of carbonyl (C=O) groups is 1. The molecule has 0 bridgehead atoms. The smallest absolute Gasteiger partial charge is 0.374 e. The van der Waals surface area contributed by atoms with E-state index in [-0.39, 0.29) is 31.3 Å². The topological polar surface area (TPSA) is 133 Å². The van der Waals surface area contributed by atoms with Gasteiger partial charge in [0, 0.05) is 0 Å². The molecule has 0 saturated carbocycles. The van der Waals surface area contributed by atoms with E-state index >= 15 is 0 Å². The first-order valence-corrected chi connectivity index (χ1v) is 6.26. The SMILES string of the molecule is CCOC(=O)/C(O)=C(C#N)/C=C/C(C#N)=C(\O)C1COCO1. The van der Waals surface area contributed by atoms with Crippen molar-refractivity contribution in [1.29, 1.82) is 10.5 Å². The van der Waals surface area contributed by atoms with Gasteiger partial charge in [-0.25, -0.2) is 4.79 Å². The Balaban J connectivity index is 3.02. The average Bonchev–Trinajstić information content (AvgIpc) is 3.05. The zero-order valence-corrected chi connectivity index (χ0v) is 11.8. The fourth-order valence-electron chi connectivity index (χ4n) is 1.49.